The van der Waals surface area contributed by atoms with Gasteiger partial charge in [0.15, 0.2) is 0 Å². The molecule has 1 unspecified atom stereocenters. The summed E-state index contributed by atoms with van der Waals surface area (Å²) in [6, 6.07) is 0. The normalized spacial score (nSPS) is 16.4. The number of halogens is 8. The lowest BCUT2D eigenvalue weighted by Gasteiger charge is -2.20. The van der Waals surface area contributed by atoms with E-state index in [1.165, 1.54) is 0 Å². The topological polar surface area (TPSA) is 0 Å². The summed E-state index contributed by atoms with van der Waals surface area (Å²) in [6.07, 6.45) is -17.4. The van der Waals surface area contributed by atoms with Crippen LogP contribution in [0.5, 0.6) is 0 Å². The van der Waals surface area contributed by atoms with Crippen molar-refractivity contribution < 1.29 is 35.1 Å². The molecule has 0 fully saturated rings. The molecule has 0 radical (unpaired) electrons. The molecule has 0 heterocycles. The van der Waals surface area contributed by atoms with Crippen LogP contribution in [0.2, 0.25) is 0 Å². The molecule has 1 atom stereocenters. The highest BCUT2D eigenvalue weighted by molar-refractivity contribution is 4.73. The summed E-state index contributed by atoms with van der Waals surface area (Å²) in [5.41, 5.74) is 0. The second kappa shape index (κ2) is 3.67. The molecular formula is C5H4F8. The lowest BCUT2D eigenvalue weighted by atomic mass is 10.1. The number of rotatable bonds is 2. The third-order valence-corrected chi connectivity index (χ3v) is 1.18. The molecule has 0 saturated heterocycles. The third-order valence-electron chi connectivity index (χ3n) is 1.18. The lowest BCUT2D eigenvalue weighted by Crippen LogP contribution is -2.33. The smallest absolute Gasteiger partial charge is 0.210 e. The van der Waals surface area contributed by atoms with Crippen molar-refractivity contribution in [1.29, 1.82) is 0 Å². The second-order valence-electron chi connectivity index (χ2n) is 2.30. The molecule has 80 valence electrons. The Morgan fingerprint density at radius 1 is 0.846 bits per heavy atom. The third kappa shape index (κ3) is 4.89. The van der Waals surface area contributed by atoms with Gasteiger partial charge >= 0.3 is 12.4 Å². The Balaban J connectivity index is 4.47. The van der Waals surface area contributed by atoms with E-state index in [-0.39, 0.29) is 0 Å². The largest absolute Gasteiger partial charge is 0.397 e. The first-order valence-corrected chi connectivity index (χ1v) is 2.95. The van der Waals surface area contributed by atoms with Crippen LogP contribution in [-0.2, 0) is 0 Å². The van der Waals surface area contributed by atoms with Crippen LogP contribution in [0.15, 0.2) is 0 Å². The molecule has 0 N–H and O–H groups in total. The van der Waals surface area contributed by atoms with E-state index in [0.717, 1.165) is 0 Å². The van der Waals surface area contributed by atoms with Gasteiger partial charge in [0, 0.05) is 0 Å². The molecular weight excluding hydrogens is 212 g/mol. The fourth-order valence-electron chi connectivity index (χ4n) is 0.597. The molecule has 0 saturated carbocycles. The average Bonchev–Trinajstić information content (AvgIpc) is 1.77. The van der Waals surface area contributed by atoms with Gasteiger partial charge in [-0.15, -0.1) is 0 Å². The minimum Gasteiger partial charge on any atom is -0.210 e. The molecule has 0 aliphatic rings. The van der Waals surface area contributed by atoms with Gasteiger partial charge in [-0.1, -0.05) is 0 Å². The Bertz CT molecular complexity index is 153. The van der Waals surface area contributed by atoms with Crippen molar-refractivity contribution in [2.45, 2.75) is 25.2 Å². The molecule has 13 heavy (non-hydrogen) atoms. The highest BCUT2D eigenvalue weighted by atomic mass is 19.4. The summed E-state index contributed by atoms with van der Waals surface area (Å²) < 4.78 is 91.7. The van der Waals surface area contributed by atoms with E-state index in [1.54, 1.807) is 0 Å². The molecule has 0 nitrogen and oxygen atoms in total. The molecule has 0 aliphatic heterocycles. The monoisotopic (exact) mass is 216 g/mol. The fourth-order valence-corrected chi connectivity index (χ4v) is 0.597. The predicted molar refractivity (Wildman–Crippen MR) is 26.2 cm³/mol. The van der Waals surface area contributed by atoms with Gasteiger partial charge in [-0.2, -0.15) is 26.3 Å². The summed E-state index contributed by atoms with van der Waals surface area (Å²) in [4.78, 5) is 0. The van der Waals surface area contributed by atoms with Crippen LogP contribution in [0.1, 0.15) is 6.42 Å². The van der Waals surface area contributed by atoms with Crippen molar-refractivity contribution in [2.75, 3.05) is 0 Å². The van der Waals surface area contributed by atoms with E-state index >= 15 is 0 Å². The van der Waals surface area contributed by atoms with Gasteiger partial charge in [0.05, 0.1) is 6.42 Å². The van der Waals surface area contributed by atoms with Crippen molar-refractivity contribution in [3.63, 3.8) is 0 Å². The van der Waals surface area contributed by atoms with Gasteiger partial charge in [0.25, 0.3) is 0 Å². The minimum atomic E-state index is -5.52. The molecule has 0 spiro atoms. The first-order valence-electron chi connectivity index (χ1n) is 2.95. The van der Waals surface area contributed by atoms with Crippen LogP contribution in [-0.4, -0.2) is 18.8 Å². The van der Waals surface area contributed by atoms with Gasteiger partial charge in [0.1, 0.15) is 5.92 Å². The number of hydrogen-bond acceptors (Lipinski definition) is 0. The molecule has 8 heteroatoms. The fraction of sp³-hybridized carbons (Fsp3) is 1.00. The number of hydrogen-bond donors (Lipinski definition) is 0. The molecule has 0 rings (SSSR count). The van der Waals surface area contributed by atoms with Gasteiger partial charge in [0.2, 0.25) is 6.43 Å². The lowest BCUT2D eigenvalue weighted by molar-refractivity contribution is -0.245. The molecule has 0 bridgehead atoms. The van der Waals surface area contributed by atoms with Crippen LogP contribution in [0.4, 0.5) is 35.1 Å². The van der Waals surface area contributed by atoms with E-state index < -0.39 is 31.1 Å². The number of alkyl halides is 8. The van der Waals surface area contributed by atoms with Crippen molar-refractivity contribution in [3.8, 4) is 0 Å². The summed E-state index contributed by atoms with van der Waals surface area (Å²) in [5, 5.41) is 0. The standard InChI is InChI=1S/C5H4F8/c6-3(7)2(5(11,12)13)1-4(8,9)10/h2-3H,1H2. The molecule has 0 aromatic carbocycles. The van der Waals surface area contributed by atoms with Crippen LogP contribution >= 0.6 is 0 Å². The Morgan fingerprint density at radius 2 is 1.23 bits per heavy atom. The maximum atomic E-state index is 11.5. The first-order chi connectivity index (χ1) is 5.54. The van der Waals surface area contributed by atoms with Crippen molar-refractivity contribution >= 4 is 0 Å². The molecule has 0 aromatic rings. The Kier molecular flexibility index (Phi) is 3.51. The van der Waals surface area contributed by atoms with Gasteiger partial charge in [-0.3, -0.25) is 0 Å². The summed E-state index contributed by atoms with van der Waals surface area (Å²) in [6.45, 7) is 0. The second-order valence-corrected chi connectivity index (χ2v) is 2.30. The Morgan fingerprint density at radius 3 is 1.31 bits per heavy atom. The van der Waals surface area contributed by atoms with E-state index in [2.05, 4.69) is 0 Å². The highest BCUT2D eigenvalue weighted by Gasteiger charge is 2.51. The average molecular weight is 216 g/mol. The highest BCUT2D eigenvalue weighted by Crippen LogP contribution is 2.38. The SMILES string of the molecule is FC(F)C(CC(F)(F)F)C(F)(F)F. The Labute approximate surface area is 67.5 Å². The van der Waals surface area contributed by atoms with Gasteiger partial charge in [-0.25, -0.2) is 8.78 Å². The van der Waals surface area contributed by atoms with Gasteiger partial charge < -0.3 is 0 Å². The van der Waals surface area contributed by atoms with Crippen LogP contribution in [0.25, 0.3) is 0 Å². The van der Waals surface area contributed by atoms with Crippen LogP contribution in [0, 0.1) is 5.92 Å². The van der Waals surface area contributed by atoms with E-state index in [9.17, 15) is 35.1 Å². The van der Waals surface area contributed by atoms with E-state index in [1.807, 2.05) is 0 Å². The van der Waals surface area contributed by atoms with Gasteiger partial charge in [-0.05, 0) is 0 Å². The van der Waals surface area contributed by atoms with Crippen molar-refractivity contribution in [2.24, 2.45) is 5.92 Å². The van der Waals surface area contributed by atoms with Crippen LogP contribution in [0.3, 0.4) is 0 Å². The van der Waals surface area contributed by atoms with Crippen LogP contribution < -0.4 is 0 Å². The van der Waals surface area contributed by atoms with Crippen molar-refractivity contribution in [3.05, 3.63) is 0 Å². The molecule has 0 amide bonds. The summed E-state index contributed by atoms with van der Waals surface area (Å²) in [7, 11) is 0. The molecule has 0 aliphatic carbocycles. The maximum Gasteiger partial charge on any atom is 0.397 e. The first kappa shape index (κ1) is 12.4. The van der Waals surface area contributed by atoms with E-state index in [4.69, 9.17) is 0 Å². The Hall–Kier alpha value is -0.560. The zero-order valence-electron chi connectivity index (χ0n) is 5.89. The van der Waals surface area contributed by atoms with Crippen molar-refractivity contribution in [1.82, 2.24) is 0 Å². The zero-order chi connectivity index (χ0) is 10.9. The quantitative estimate of drug-likeness (QED) is 0.620. The minimum absolute atomic E-state index is 2.55. The zero-order valence-corrected chi connectivity index (χ0v) is 5.89. The molecule has 0 aromatic heterocycles. The van der Waals surface area contributed by atoms with E-state index in [0.29, 0.717) is 0 Å². The summed E-state index contributed by atoms with van der Waals surface area (Å²) >= 11 is 0. The maximum absolute atomic E-state index is 11.5. The predicted octanol–water partition coefficient (Wildman–Crippen LogP) is 3.38. The summed E-state index contributed by atoms with van der Waals surface area (Å²) in [5.74, 6) is -3.63.